The molecule has 0 aliphatic carbocycles. The normalized spacial score (nSPS) is 15.4. The molecular formula is C24H27ClN4O3. The number of imidazole rings is 1. The quantitative estimate of drug-likeness (QED) is 0.556. The van der Waals surface area contributed by atoms with Crippen LogP contribution in [0.2, 0.25) is 5.02 Å². The highest BCUT2D eigenvalue weighted by molar-refractivity contribution is 6.30. The van der Waals surface area contributed by atoms with E-state index in [0.717, 1.165) is 31.4 Å². The van der Waals surface area contributed by atoms with Crippen LogP contribution in [0.25, 0.3) is 11.0 Å². The number of amides is 1. The zero-order valence-corrected chi connectivity index (χ0v) is 19.0. The molecule has 0 radical (unpaired) electrons. The number of H-pyrrole nitrogens is 1. The van der Waals surface area contributed by atoms with Crippen molar-refractivity contribution in [1.82, 2.24) is 19.8 Å². The summed E-state index contributed by atoms with van der Waals surface area (Å²) in [6.45, 7) is 5.63. The van der Waals surface area contributed by atoms with Gasteiger partial charge in [-0.3, -0.25) is 19.1 Å². The van der Waals surface area contributed by atoms with Crippen molar-refractivity contribution in [2.75, 3.05) is 19.6 Å². The first-order chi connectivity index (χ1) is 15.3. The Labute approximate surface area is 191 Å². The fourth-order valence-corrected chi connectivity index (χ4v) is 4.37. The topological polar surface area (TPSA) is 87.2 Å². The number of benzene rings is 2. The van der Waals surface area contributed by atoms with Crippen molar-refractivity contribution < 1.29 is 9.59 Å². The molecule has 7 nitrogen and oxygen atoms in total. The molecule has 0 bridgehead atoms. The highest BCUT2D eigenvalue weighted by atomic mass is 35.5. The van der Waals surface area contributed by atoms with Crippen molar-refractivity contribution in [2.45, 2.75) is 38.8 Å². The molecule has 1 aliphatic rings. The maximum atomic E-state index is 12.7. The lowest BCUT2D eigenvalue weighted by Crippen LogP contribution is -2.39. The lowest BCUT2D eigenvalue weighted by Gasteiger charge is -2.32. The van der Waals surface area contributed by atoms with Gasteiger partial charge in [0.1, 0.15) is 0 Å². The Bertz CT molecular complexity index is 1190. The van der Waals surface area contributed by atoms with Crippen molar-refractivity contribution in [2.24, 2.45) is 0 Å². The number of hydrogen-bond donors (Lipinski definition) is 2. The number of hydrogen-bond acceptors (Lipinski definition) is 4. The number of piperidine rings is 1. The maximum absolute atomic E-state index is 12.7. The molecule has 4 rings (SSSR count). The van der Waals surface area contributed by atoms with Gasteiger partial charge in [-0.1, -0.05) is 11.6 Å². The van der Waals surface area contributed by atoms with Gasteiger partial charge in [-0.25, -0.2) is 4.79 Å². The summed E-state index contributed by atoms with van der Waals surface area (Å²) in [4.78, 5) is 42.5. The first-order valence-electron chi connectivity index (χ1n) is 10.9. The first kappa shape index (κ1) is 22.3. The minimum Gasteiger partial charge on any atom is -0.350 e. The summed E-state index contributed by atoms with van der Waals surface area (Å²) in [5.41, 5.74) is 2.47. The van der Waals surface area contributed by atoms with Crippen molar-refractivity contribution >= 4 is 34.3 Å². The van der Waals surface area contributed by atoms with Crippen LogP contribution in [0.15, 0.2) is 47.3 Å². The molecule has 1 saturated heterocycles. The van der Waals surface area contributed by atoms with Crippen LogP contribution in [0.1, 0.15) is 53.4 Å². The van der Waals surface area contributed by atoms with E-state index < -0.39 is 0 Å². The summed E-state index contributed by atoms with van der Waals surface area (Å²) >= 11 is 5.90. The number of nitrogens with one attached hydrogen (secondary N) is 2. The molecule has 1 amide bonds. The van der Waals surface area contributed by atoms with Crippen LogP contribution in [0.5, 0.6) is 0 Å². The SMILES string of the molecule is CC(C)NC(=O)c1ccc2c(c1)[nH]c(=O)n2C1CCN(CC(=O)c2ccc(Cl)cc2)CC1. The van der Waals surface area contributed by atoms with E-state index >= 15 is 0 Å². The molecule has 2 N–H and O–H groups in total. The summed E-state index contributed by atoms with van der Waals surface area (Å²) < 4.78 is 1.79. The number of carbonyl (C=O) groups is 2. The predicted molar refractivity (Wildman–Crippen MR) is 126 cm³/mol. The van der Waals surface area contributed by atoms with Crippen molar-refractivity contribution in [3.8, 4) is 0 Å². The number of rotatable bonds is 6. The third-order valence-corrected chi connectivity index (χ3v) is 6.11. The summed E-state index contributed by atoms with van der Waals surface area (Å²) in [7, 11) is 0. The summed E-state index contributed by atoms with van der Waals surface area (Å²) in [6, 6.07) is 12.3. The number of nitrogens with zero attached hydrogens (tertiary/aromatic N) is 2. The number of likely N-dealkylation sites (tertiary alicyclic amines) is 1. The zero-order valence-electron chi connectivity index (χ0n) is 18.2. The average Bonchev–Trinajstić information content (AvgIpc) is 3.09. The molecule has 2 aromatic carbocycles. The third kappa shape index (κ3) is 4.79. The van der Waals surface area contributed by atoms with Crippen molar-refractivity contribution in [1.29, 1.82) is 0 Å². The van der Waals surface area contributed by atoms with Gasteiger partial charge < -0.3 is 10.3 Å². The second-order valence-corrected chi connectivity index (χ2v) is 9.03. The van der Waals surface area contributed by atoms with Gasteiger partial charge in [0.25, 0.3) is 5.91 Å². The molecule has 32 heavy (non-hydrogen) atoms. The summed E-state index contributed by atoms with van der Waals surface area (Å²) in [6.07, 6.45) is 1.55. The molecule has 3 aromatic rings. The van der Waals surface area contributed by atoms with E-state index in [0.29, 0.717) is 28.2 Å². The molecule has 0 atom stereocenters. The van der Waals surface area contributed by atoms with E-state index in [2.05, 4.69) is 15.2 Å². The molecule has 0 unspecified atom stereocenters. The van der Waals surface area contributed by atoms with Gasteiger partial charge in [0.05, 0.1) is 17.6 Å². The highest BCUT2D eigenvalue weighted by Gasteiger charge is 2.25. The van der Waals surface area contributed by atoms with E-state index in [1.807, 2.05) is 19.9 Å². The second-order valence-electron chi connectivity index (χ2n) is 8.60. The fourth-order valence-electron chi connectivity index (χ4n) is 4.25. The lowest BCUT2D eigenvalue weighted by molar-refractivity contribution is 0.0896. The largest absolute Gasteiger partial charge is 0.350 e. The minimum atomic E-state index is -0.169. The number of aromatic amines is 1. The molecular weight excluding hydrogens is 428 g/mol. The Hall–Kier alpha value is -2.90. The van der Waals surface area contributed by atoms with Crippen LogP contribution in [-0.2, 0) is 0 Å². The van der Waals surface area contributed by atoms with Gasteiger partial charge in [-0.2, -0.15) is 0 Å². The predicted octanol–water partition coefficient (Wildman–Crippen LogP) is 3.64. The number of aromatic nitrogens is 2. The number of carbonyl (C=O) groups excluding carboxylic acids is 2. The van der Waals surface area contributed by atoms with Crippen LogP contribution in [0.4, 0.5) is 0 Å². The Kier molecular flexibility index (Phi) is 6.48. The Morgan fingerprint density at radius 3 is 2.41 bits per heavy atom. The number of ketones is 1. The monoisotopic (exact) mass is 454 g/mol. The fraction of sp³-hybridized carbons (Fsp3) is 0.375. The number of fused-ring (bicyclic) bond motifs is 1. The molecule has 1 aliphatic heterocycles. The summed E-state index contributed by atoms with van der Waals surface area (Å²) in [5, 5.41) is 3.48. The molecule has 1 fully saturated rings. The molecule has 8 heteroatoms. The third-order valence-electron chi connectivity index (χ3n) is 5.85. The second kappa shape index (κ2) is 9.30. The van der Waals surface area contributed by atoms with E-state index in [4.69, 9.17) is 11.6 Å². The molecule has 0 saturated carbocycles. The van der Waals surface area contributed by atoms with Crippen molar-refractivity contribution in [3.63, 3.8) is 0 Å². The first-order valence-corrected chi connectivity index (χ1v) is 11.3. The zero-order chi connectivity index (χ0) is 22.8. The van der Waals surface area contributed by atoms with Crippen LogP contribution in [0, 0.1) is 0 Å². The standard InChI is InChI=1S/C24H27ClN4O3/c1-15(2)26-23(31)17-5-8-21-20(13-17)27-24(32)29(21)19-9-11-28(12-10-19)14-22(30)16-3-6-18(25)7-4-16/h3-8,13,15,19H,9-12,14H2,1-2H3,(H,26,31)(H,27,32). The van der Waals surface area contributed by atoms with Gasteiger partial charge in [0.2, 0.25) is 0 Å². The Balaban J connectivity index is 1.44. The molecule has 1 aromatic heterocycles. The van der Waals surface area contributed by atoms with E-state index in [9.17, 15) is 14.4 Å². The van der Waals surface area contributed by atoms with Gasteiger partial charge in [0.15, 0.2) is 5.78 Å². The average molecular weight is 455 g/mol. The highest BCUT2D eigenvalue weighted by Crippen LogP contribution is 2.25. The minimum absolute atomic E-state index is 0.0404. The summed E-state index contributed by atoms with van der Waals surface area (Å²) in [5.74, 6) is -0.0919. The van der Waals surface area contributed by atoms with Gasteiger partial charge >= 0.3 is 5.69 Å². The van der Waals surface area contributed by atoms with Crippen LogP contribution in [0.3, 0.4) is 0 Å². The molecule has 2 heterocycles. The number of halogens is 1. The smallest absolute Gasteiger partial charge is 0.326 e. The van der Waals surface area contributed by atoms with Crippen LogP contribution in [-0.4, -0.2) is 51.8 Å². The van der Waals surface area contributed by atoms with E-state index in [-0.39, 0.29) is 29.5 Å². The van der Waals surface area contributed by atoms with Gasteiger partial charge in [-0.15, -0.1) is 0 Å². The van der Waals surface area contributed by atoms with Crippen molar-refractivity contribution in [3.05, 3.63) is 69.1 Å². The number of Topliss-reactive ketones (excluding diaryl/α,β-unsaturated/α-hetero) is 1. The van der Waals surface area contributed by atoms with Gasteiger partial charge in [0, 0.05) is 41.3 Å². The van der Waals surface area contributed by atoms with Crippen LogP contribution >= 0.6 is 11.6 Å². The van der Waals surface area contributed by atoms with E-state index in [1.54, 1.807) is 41.0 Å². The molecule has 168 valence electrons. The lowest BCUT2D eigenvalue weighted by atomic mass is 10.0. The molecule has 0 spiro atoms. The Morgan fingerprint density at radius 2 is 1.75 bits per heavy atom. The Morgan fingerprint density at radius 1 is 1.09 bits per heavy atom. The van der Waals surface area contributed by atoms with E-state index in [1.165, 1.54) is 0 Å². The van der Waals surface area contributed by atoms with Crippen LogP contribution < -0.4 is 11.0 Å². The maximum Gasteiger partial charge on any atom is 0.326 e. The van der Waals surface area contributed by atoms with Gasteiger partial charge in [-0.05, 0) is 69.2 Å².